The van der Waals surface area contributed by atoms with Gasteiger partial charge in [-0.15, -0.1) is 0 Å². The van der Waals surface area contributed by atoms with Gasteiger partial charge in [0, 0.05) is 35.3 Å². The number of benzene rings is 2. The monoisotopic (exact) mass is 428 g/mol. The molecule has 3 aromatic rings. The zero-order valence-corrected chi connectivity index (χ0v) is 17.7. The van der Waals surface area contributed by atoms with E-state index in [1.165, 1.54) is 46.6 Å². The summed E-state index contributed by atoms with van der Waals surface area (Å²) in [5, 5.41) is 9.67. The van der Waals surface area contributed by atoms with Crippen LogP contribution in [0.15, 0.2) is 46.5 Å². The van der Waals surface area contributed by atoms with Crippen molar-refractivity contribution in [2.24, 2.45) is 0 Å². The molecule has 0 aliphatic carbocycles. The lowest BCUT2D eigenvalue weighted by Gasteiger charge is -2.15. The highest BCUT2D eigenvalue weighted by molar-refractivity contribution is 7.95. The van der Waals surface area contributed by atoms with Crippen LogP contribution >= 0.6 is 0 Å². The summed E-state index contributed by atoms with van der Waals surface area (Å²) in [5.74, 6) is 0.674. The topological polar surface area (TPSA) is 111 Å². The molecule has 3 rings (SSSR count). The first-order valence-electron chi connectivity index (χ1n) is 8.72. The van der Waals surface area contributed by atoms with Crippen LogP contribution in [0.5, 0.6) is 17.2 Å². The molecule has 0 aliphatic rings. The molecule has 0 spiro atoms. The lowest BCUT2D eigenvalue weighted by atomic mass is 10.1. The Morgan fingerprint density at radius 2 is 1.73 bits per heavy atom. The van der Waals surface area contributed by atoms with Crippen LogP contribution in [0.2, 0.25) is 0 Å². The fourth-order valence-electron chi connectivity index (χ4n) is 3.12. The van der Waals surface area contributed by atoms with E-state index in [1.807, 2.05) is 0 Å². The predicted molar refractivity (Wildman–Crippen MR) is 111 cm³/mol. The second kappa shape index (κ2) is 8.39. The molecule has 156 valence electrons. The van der Waals surface area contributed by atoms with Gasteiger partial charge >= 0.3 is 0 Å². The second-order valence-corrected chi connectivity index (χ2v) is 8.00. The van der Waals surface area contributed by atoms with Gasteiger partial charge in [0.1, 0.15) is 6.07 Å². The maximum atomic E-state index is 13.3. The predicted octanol–water partition coefficient (Wildman–Crippen LogP) is 3.48. The van der Waals surface area contributed by atoms with Gasteiger partial charge in [-0.05, 0) is 11.6 Å². The van der Waals surface area contributed by atoms with Crippen LogP contribution in [0.3, 0.4) is 0 Å². The molecular formula is C21H20N2O6S. The summed E-state index contributed by atoms with van der Waals surface area (Å²) in [6, 6.07) is 10.0. The number of nitriles is 1. The first kappa shape index (κ1) is 21.1. The summed E-state index contributed by atoms with van der Waals surface area (Å²) in [4.78, 5) is 2.90. The standard InChI is InChI=1S/C21H20N2O6S/c1-26-17-9-15(10-18(27-2)21(17)29-4)30(24,25)19(28-3)8-13-6-5-7-16-20(13)14(11-22)12-23-16/h5-10,12,23H,1-4H3/b19-8+. The highest BCUT2D eigenvalue weighted by Gasteiger charge is 2.26. The number of aromatic amines is 1. The molecule has 0 atom stereocenters. The van der Waals surface area contributed by atoms with Crippen LogP contribution in [0.4, 0.5) is 0 Å². The number of sulfone groups is 1. The quantitative estimate of drug-likeness (QED) is 0.574. The molecule has 30 heavy (non-hydrogen) atoms. The Bertz CT molecular complexity index is 1240. The Kier molecular flexibility index (Phi) is 5.89. The molecule has 0 unspecified atom stereocenters. The molecule has 1 aromatic heterocycles. The van der Waals surface area contributed by atoms with E-state index in [4.69, 9.17) is 18.9 Å². The SMILES string of the molecule is CO/C(=C\c1cccc2[nH]cc(C#N)c12)S(=O)(=O)c1cc(OC)c(OC)c(OC)c1. The van der Waals surface area contributed by atoms with Crippen LogP contribution in [0.25, 0.3) is 17.0 Å². The van der Waals surface area contributed by atoms with E-state index in [1.54, 1.807) is 24.4 Å². The number of hydrogen-bond acceptors (Lipinski definition) is 7. The molecule has 2 aromatic carbocycles. The minimum Gasteiger partial charge on any atom is -0.493 e. The molecule has 8 nitrogen and oxygen atoms in total. The zero-order valence-electron chi connectivity index (χ0n) is 16.8. The maximum absolute atomic E-state index is 13.3. The van der Waals surface area contributed by atoms with Crippen molar-refractivity contribution in [3.63, 3.8) is 0 Å². The van der Waals surface area contributed by atoms with Crippen LogP contribution in [0.1, 0.15) is 11.1 Å². The summed E-state index contributed by atoms with van der Waals surface area (Å²) in [5.41, 5.74) is 1.64. The molecule has 0 amide bonds. The van der Waals surface area contributed by atoms with Gasteiger partial charge < -0.3 is 23.9 Å². The summed E-state index contributed by atoms with van der Waals surface area (Å²) in [7, 11) is 1.42. The first-order chi connectivity index (χ1) is 14.4. The Balaban J connectivity index is 2.21. The van der Waals surface area contributed by atoms with Gasteiger partial charge in [0.05, 0.1) is 38.9 Å². The van der Waals surface area contributed by atoms with Gasteiger partial charge in [0.2, 0.25) is 20.7 Å². The van der Waals surface area contributed by atoms with Gasteiger partial charge in [-0.3, -0.25) is 0 Å². The summed E-state index contributed by atoms with van der Waals surface area (Å²) >= 11 is 0. The second-order valence-electron chi connectivity index (χ2n) is 6.12. The van der Waals surface area contributed by atoms with Crippen LogP contribution in [-0.4, -0.2) is 41.8 Å². The molecule has 0 bridgehead atoms. The first-order valence-corrected chi connectivity index (χ1v) is 10.2. The van der Waals surface area contributed by atoms with Crippen molar-refractivity contribution in [3.8, 4) is 23.3 Å². The minimum absolute atomic E-state index is 0.0909. The molecule has 0 saturated heterocycles. The number of rotatable bonds is 7. The number of ether oxygens (including phenoxy) is 4. The average molecular weight is 428 g/mol. The molecule has 0 radical (unpaired) electrons. The Hall–Kier alpha value is -3.64. The van der Waals surface area contributed by atoms with Crippen molar-refractivity contribution in [1.82, 2.24) is 4.98 Å². The van der Waals surface area contributed by atoms with Crippen molar-refractivity contribution in [2.45, 2.75) is 4.90 Å². The molecule has 1 N–H and O–H groups in total. The van der Waals surface area contributed by atoms with Crippen LogP contribution in [-0.2, 0) is 14.6 Å². The largest absolute Gasteiger partial charge is 0.493 e. The summed E-state index contributed by atoms with van der Waals surface area (Å²) in [6.45, 7) is 0. The number of nitrogens with zero attached hydrogens (tertiary/aromatic N) is 1. The zero-order chi connectivity index (χ0) is 21.9. The Morgan fingerprint density at radius 3 is 2.27 bits per heavy atom. The fourth-order valence-corrected chi connectivity index (χ4v) is 4.38. The Labute approximate surface area is 174 Å². The van der Waals surface area contributed by atoms with E-state index in [2.05, 4.69) is 11.1 Å². The highest BCUT2D eigenvalue weighted by atomic mass is 32.2. The van der Waals surface area contributed by atoms with Crippen molar-refractivity contribution in [1.29, 1.82) is 5.26 Å². The van der Waals surface area contributed by atoms with Crippen LogP contribution in [0, 0.1) is 11.3 Å². The molecule has 1 heterocycles. The average Bonchev–Trinajstić information content (AvgIpc) is 3.20. The number of H-pyrrole nitrogens is 1. The van der Waals surface area contributed by atoms with Gasteiger partial charge in [-0.1, -0.05) is 12.1 Å². The lowest BCUT2D eigenvalue weighted by Crippen LogP contribution is -2.08. The lowest BCUT2D eigenvalue weighted by molar-refractivity contribution is 0.318. The van der Waals surface area contributed by atoms with Gasteiger partial charge in [0.25, 0.3) is 0 Å². The van der Waals surface area contributed by atoms with E-state index in [-0.39, 0.29) is 27.2 Å². The van der Waals surface area contributed by atoms with Gasteiger partial charge in [0.15, 0.2) is 11.5 Å². The highest BCUT2D eigenvalue weighted by Crippen LogP contribution is 2.41. The fraction of sp³-hybridized carbons (Fsp3) is 0.190. The normalized spacial score (nSPS) is 11.8. The van der Waals surface area contributed by atoms with Crippen molar-refractivity contribution in [3.05, 3.63) is 52.7 Å². The summed E-state index contributed by atoms with van der Waals surface area (Å²) < 4.78 is 47.6. The minimum atomic E-state index is -4.08. The smallest absolute Gasteiger partial charge is 0.239 e. The van der Waals surface area contributed by atoms with Crippen molar-refractivity contribution >= 4 is 26.8 Å². The van der Waals surface area contributed by atoms with Gasteiger partial charge in [-0.25, -0.2) is 8.42 Å². The van der Waals surface area contributed by atoms with E-state index in [0.29, 0.717) is 22.0 Å². The molecule has 9 heteroatoms. The third-order valence-corrected chi connectivity index (χ3v) is 6.22. The van der Waals surface area contributed by atoms with E-state index in [0.717, 1.165) is 0 Å². The molecule has 0 saturated carbocycles. The van der Waals surface area contributed by atoms with Crippen molar-refractivity contribution in [2.75, 3.05) is 28.4 Å². The van der Waals surface area contributed by atoms with Gasteiger partial charge in [-0.2, -0.15) is 5.26 Å². The van der Waals surface area contributed by atoms with E-state index >= 15 is 0 Å². The van der Waals surface area contributed by atoms with Crippen LogP contribution < -0.4 is 14.2 Å². The molecule has 0 aliphatic heterocycles. The molecular weight excluding hydrogens is 408 g/mol. The number of methoxy groups -OCH3 is 4. The number of fused-ring (bicyclic) bond motifs is 1. The number of nitrogens with one attached hydrogen (secondary N) is 1. The van der Waals surface area contributed by atoms with E-state index < -0.39 is 9.84 Å². The number of aromatic nitrogens is 1. The molecule has 0 fully saturated rings. The third-order valence-electron chi connectivity index (χ3n) is 4.55. The maximum Gasteiger partial charge on any atom is 0.239 e. The summed E-state index contributed by atoms with van der Waals surface area (Å²) in [6.07, 6.45) is 2.96. The van der Waals surface area contributed by atoms with Crippen molar-refractivity contribution < 1.29 is 27.4 Å². The third kappa shape index (κ3) is 3.53. The van der Waals surface area contributed by atoms with E-state index in [9.17, 15) is 13.7 Å². The Morgan fingerprint density at radius 1 is 1.07 bits per heavy atom. The number of hydrogen-bond donors (Lipinski definition) is 1.